The lowest BCUT2D eigenvalue weighted by atomic mass is 10.2. The lowest BCUT2D eigenvalue weighted by Crippen LogP contribution is -2.52. The Balaban J connectivity index is 1.98. The molecule has 1 saturated heterocycles. The Morgan fingerprint density at radius 3 is 2.71 bits per heavy atom. The van der Waals surface area contributed by atoms with Crippen LogP contribution in [-0.4, -0.2) is 36.8 Å². The number of ether oxygens (including phenoxy) is 3. The minimum absolute atomic E-state index is 0.00183. The molecule has 1 heterocycles. The van der Waals surface area contributed by atoms with E-state index in [1.165, 1.54) is 19.1 Å². The van der Waals surface area contributed by atoms with E-state index in [-0.39, 0.29) is 24.0 Å². The zero-order valence-electron chi connectivity index (χ0n) is 12.6. The number of thiocarbonyl (C=S) groups is 1. The smallest absolute Gasteiger partial charge is 0.416 e. The SMILES string of the molecule is CC(=O)O[C@H]1OCCO[C@@H]1NC(=S)Nc1cccc(C(F)(F)F)c1. The first kappa shape index (κ1) is 18.4. The first-order chi connectivity index (χ1) is 11.3. The van der Waals surface area contributed by atoms with Crippen LogP contribution in [-0.2, 0) is 25.2 Å². The molecule has 0 bridgehead atoms. The molecule has 1 aliphatic heterocycles. The van der Waals surface area contributed by atoms with Crippen LogP contribution in [0.1, 0.15) is 12.5 Å². The Labute approximate surface area is 141 Å². The van der Waals surface area contributed by atoms with Gasteiger partial charge in [0.15, 0.2) is 11.3 Å². The van der Waals surface area contributed by atoms with Gasteiger partial charge in [-0.2, -0.15) is 13.2 Å². The van der Waals surface area contributed by atoms with Gasteiger partial charge in [-0.15, -0.1) is 0 Å². The lowest BCUT2D eigenvalue weighted by Gasteiger charge is -2.32. The van der Waals surface area contributed by atoms with E-state index in [2.05, 4.69) is 10.6 Å². The molecule has 0 saturated carbocycles. The molecule has 0 amide bonds. The Bertz CT molecular complexity index is 612. The van der Waals surface area contributed by atoms with Crippen LogP contribution >= 0.6 is 12.2 Å². The van der Waals surface area contributed by atoms with Crippen molar-refractivity contribution < 1.29 is 32.2 Å². The summed E-state index contributed by atoms with van der Waals surface area (Å²) in [5.41, 5.74) is -0.645. The minimum atomic E-state index is -4.45. The molecule has 132 valence electrons. The molecule has 1 aliphatic rings. The molecule has 2 atom stereocenters. The number of hydrogen-bond acceptors (Lipinski definition) is 5. The normalized spacial score (nSPS) is 21.0. The van der Waals surface area contributed by atoms with Crippen molar-refractivity contribution >= 4 is 29.0 Å². The van der Waals surface area contributed by atoms with Crippen LogP contribution in [0, 0.1) is 0 Å². The Kier molecular flexibility index (Phi) is 5.97. The fourth-order valence-corrected chi connectivity index (χ4v) is 2.18. The number of rotatable bonds is 3. The highest BCUT2D eigenvalue weighted by Gasteiger charge is 2.31. The average Bonchev–Trinajstić information content (AvgIpc) is 2.48. The van der Waals surface area contributed by atoms with Gasteiger partial charge in [0, 0.05) is 12.6 Å². The molecule has 0 aliphatic carbocycles. The predicted molar refractivity (Wildman–Crippen MR) is 82.0 cm³/mol. The van der Waals surface area contributed by atoms with Gasteiger partial charge in [0.05, 0.1) is 18.8 Å². The van der Waals surface area contributed by atoms with Crippen LogP contribution in [0.25, 0.3) is 0 Å². The third-order valence-corrected chi connectivity index (χ3v) is 3.13. The summed E-state index contributed by atoms with van der Waals surface area (Å²) < 4.78 is 53.6. The summed E-state index contributed by atoms with van der Waals surface area (Å²) in [6.45, 7) is 1.71. The maximum Gasteiger partial charge on any atom is 0.416 e. The molecule has 0 radical (unpaired) electrons. The summed E-state index contributed by atoms with van der Waals surface area (Å²) >= 11 is 5.04. The van der Waals surface area contributed by atoms with Gasteiger partial charge in [0.25, 0.3) is 0 Å². The third kappa shape index (κ3) is 5.32. The van der Waals surface area contributed by atoms with Crippen LogP contribution < -0.4 is 10.6 Å². The molecule has 6 nitrogen and oxygen atoms in total. The molecule has 2 rings (SSSR count). The molecular weight excluding hydrogens is 349 g/mol. The average molecular weight is 364 g/mol. The molecule has 24 heavy (non-hydrogen) atoms. The topological polar surface area (TPSA) is 68.8 Å². The number of alkyl halides is 3. The van der Waals surface area contributed by atoms with E-state index in [4.69, 9.17) is 26.4 Å². The van der Waals surface area contributed by atoms with Crippen molar-refractivity contribution in [3.63, 3.8) is 0 Å². The van der Waals surface area contributed by atoms with Gasteiger partial charge in [0.2, 0.25) is 6.29 Å². The van der Waals surface area contributed by atoms with Crippen molar-refractivity contribution in [1.82, 2.24) is 5.32 Å². The second-order valence-corrected chi connectivity index (χ2v) is 5.23. The summed E-state index contributed by atoms with van der Waals surface area (Å²) in [5, 5.41) is 5.32. The molecule has 10 heteroatoms. The standard InChI is InChI=1S/C14H15F3N2O4S/c1-8(20)23-12-11(21-5-6-22-12)19-13(24)18-10-4-2-3-9(7-10)14(15,16)17/h2-4,7,11-12H,5-6H2,1H3,(H2,18,19,24)/t11-,12+/m0/s1. The molecule has 0 aromatic heterocycles. The van der Waals surface area contributed by atoms with Crippen LogP contribution in [0.15, 0.2) is 24.3 Å². The number of benzene rings is 1. The van der Waals surface area contributed by atoms with E-state index in [1.54, 1.807) is 0 Å². The molecule has 1 fully saturated rings. The maximum absolute atomic E-state index is 12.7. The number of nitrogens with one attached hydrogen (secondary N) is 2. The quantitative estimate of drug-likeness (QED) is 0.630. The van der Waals surface area contributed by atoms with E-state index in [0.717, 1.165) is 12.1 Å². The first-order valence-corrected chi connectivity index (χ1v) is 7.32. The molecule has 2 N–H and O–H groups in total. The van der Waals surface area contributed by atoms with Gasteiger partial charge in [-0.25, -0.2) is 0 Å². The summed E-state index contributed by atoms with van der Waals surface area (Å²) in [7, 11) is 0. The van der Waals surface area contributed by atoms with Gasteiger partial charge in [-0.3, -0.25) is 4.79 Å². The second kappa shape index (κ2) is 7.77. The van der Waals surface area contributed by atoms with Crippen LogP contribution in [0.3, 0.4) is 0 Å². The van der Waals surface area contributed by atoms with Crippen molar-refractivity contribution in [3.8, 4) is 0 Å². The molecule has 1 aromatic rings. The molecule has 1 aromatic carbocycles. The van der Waals surface area contributed by atoms with E-state index in [0.29, 0.717) is 0 Å². The number of hydrogen-bond donors (Lipinski definition) is 2. The highest BCUT2D eigenvalue weighted by molar-refractivity contribution is 7.80. The van der Waals surface area contributed by atoms with Gasteiger partial charge >= 0.3 is 12.1 Å². The largest absolute Gasteiger partial charge is 0.431 e. The summed E-state index contributed by atoms with van der Waals surface area (Å²) in [6, 6.07) is 4.58. The lowest BCUT2D eigenvalue weighted by molar-refractivity contribution is -0.244. The Hall–Kier alpha value is -1.91. The molecule has 0 spiro atoms. The first-order valence-electron chi connectivity index (χ1n) is 6.91. The van der Waals surface area contributed by atoms with Crippen LogP contribution in [0.5, 0.6) is 0 Å². The van der Waals surface area contributed by atoms with Crippen LogP contribution in [0.4, 0.5) is 18.9 Å². The summed E-state index contributed by atoms with van der Waals surface area (Å²) in [6.07, 6.45) is -6.32. The van der Waals surface area contributed by atoms with E-state index in [9.17, 15) is 18.0 Å². The fraction of sp³-hybridized carbons (Fsp3) is 0.429. The monoisotopic (exact) mass is 364 g/mol. The number of carbonyl (C=O) groups is 1. The van der Waals surface area contributed by atoms with Gasteiger partial charge in [-0.1, -0.05) is 6.07 Å². The van der Waals surface area contributed by atoms with Crippen molar-refractivity contribution in [2.24, 2.45) is 0 Å². The van der Waals surface area contributed by atoms with Crippen LogP contribution in [0.2, 0.25) is 0 Å². The van der Waals surface area contributed by atoms with Crippen molar-refractivity contribution in [1.29, 1.82) is 0 Å². The molecular formula is C14H15F3N2O4S. The van der Waals surface area contributed by atoms with Gasteiger partial charge in [0.1, 0.15) is 0 Å². The maximum atomic E-state index is 12.7. The van der Waals surface area contributed by atoms with Gasteiger partial charge < -0.3 is 24.8 Å². The third-order valence-electron chi connectivity index (χ3n) is 2.91. The molecule has 0 unspecified atom stereocenters. The highest BCUT2D eigenvalue weighted by Crippen LogP contribution is 2.30. The van der Waals surface area contributed by atoms with Crippen molar-refractivity contribution in [2.75, 3.05) is 18.5 Å². The van der Waals surface area contributed by atoms with E-state index >= 15 is 0 Å². The second-order valence-electron chi connectivity index (χ2n) is 4.82. The Morgan fingerprint density at radius 2 is 2.04 bits per heavy atom. The van der Waals surface area contributed by atoms with Gasteiger partial charge in [-0.05, 0) is 30.4 Å². The minimum Gasteiger partial charge on any atom is -0.431 e. The highest BCUT2D eigenvalue weighted by atomic mass is 32.1. The summed E-state index contributed by atoms with van der Waals surface area (Å²) in [4.78, 5) is 11.0. The number of halogens is 3. The Morgan fingerprint density at radius 1 is 1.33 bits per heavy atom. The summed E-state index contributed by atoms with van der Waals surface area (Å²) in [5.74, 6) is -0.561. The zero-order chi connectivity index (χ0) is 17.7. The number of carbonyl (C=O) groups excluding carboxylic acids is 1. The van der Waals surface area contributed by atoms with Crippen molar-refractivity contribution in [3.05, 3.63) is 29.8 Å². The predicted octanol–water partition coefficient (Wildman–Crippen LogP) is 2.25. The number of anilines is 1. The number of esters is 1. The van der Waals surface area contributed by atoms with E-state index < -0.39 is 30.2 Å². The fourth-order valence-electron chi connectivity index (χ4n) is 1.94. The van der Waals surface area contributed by atoms with E-state index in [1.807, 2.05) is 0 Å². The zero-order valence-corrected chi connectivity index (χ0v) is 13.4. The van der Waals surface area contributed by atoms with Crippen molar-refractivity contribution in [2.45, 2.75) is 25.6 Å².